The van der Waals surface area contributed by atoms with Crippen LogP contribution in [0.15, 0.2) is 54.6 Å². The largest absolute Gasteiger partial charge is 0.496 e. The molecule has 0 aromatic heterocycles. The van der Waals surface area contributed by atoms with E-state index in [1.165, 1.54) is 11.1 Å². The van der Waals surface area contributed by atoms with Gasteiger partial charge in [0.15, 0.2) is 0 Å². The van der Waals surface area contributed by atoms with Crippen LogP contribution in [0.1, 0.15) is 30.9 Å². The van der Waals surface area contributed by atoms with Crippen molar-refractivity contribution in [1.29, 1.82) is 0 Å². The van der Waals surface area contributed by atoms with Crippen molar-refractivity contribution in [3.63, 3.8) is 0 Å². The second-order valence-electron chi connectivity index (χ2n) is 8.72. The molecule has 168 valence electrons. The highest BCUT2D eigenvalue weighted by Crippen LogP contribution is 2.38. The maximum atomic E-state index is 12.9. The molecular formula is C26H36N2O3. The predicted octanol–water partition coefficient (Wildman–Crippen LogP) is 4.04. The van der Waals surface area contributed by atoms with E-state index < -0.39 is 0 Å². The Balaban J connectivity index is 1.84. The summed E-state index contributed by atoms with van der Waals surface area (Å²) in [5, 5.41) is 0. The molecule has 2 unspecified atom stereocenters. The third-order valence-corrected chi connectivity index (χ3v) is 6.13. The van der Waals surface area contributed by atoms with E-state index in [1.54, 1.807) is 14.2 Å². The molecule has 31 heavy (non-hydrogen) atoms. The summed E-state index contributed by atoms with van der Waals surface area (Å²) in [5.74, 6) is 1.74. The van der Waals surface area contributed by atoms with E-state index >= 15 is 0 Å². The summed E-state index contributed by atoms with van der Waals surface area (Å²) in [6.07, 6.45) is 0. The lowest BCUT2D eigenvalue weighted by atomic mass is 9.87. The van der Waals surface area contributed by atoms with Crippen LogP contribution in [0.2, 0.25) is 0 Å². The summed E-state index contributed by atoms with van der Waals surface area (Å²) in [4.78, 5) is 17.4. The number of likely N-dealkylation sites (tertiary alicyclic amines) is 1. The standard InChI is InChI=1S/C26H36N2O3/c1-20(2)26(29)28(14-15-30-3)18-22-17-27(16-21-10-6-5-7-11-21)19-24(22)23-12-8-9-13-25(23)31-4/h5-13,20,22,24H,14-19H2,1-4H3. The van der Waals surface area contributed by atoms with Gasteiger partial charge in [0.25, 0.3) is 0 Å². The van der Waals surface area contributed by atoms with E-state index in [0.717, 1.165) is 31.9 Å². The number of rotatable bonds is 10. The molecule has 1 amide bonds. The first kappa shape index (κ1) is 23.3. The molecule has 5 heteroatoms. The topological polar surface area (TPSA) is 42.0 Å². The van der Waals surface area contributed by atoms with E-state index in [-0.39, 0.29) is 11.8 Å². The fourth-order valence-electron chi connectivity index (χ4n) is 4.58. The van der Waals surface area contributed by atoms with Crippen LogP contribution in [0.5, 0.6) is 5.75 Å². The lowest BCUT2D eigenvalue weighted by Crippen LogP contribution is -2.41. The maximum absolute atomic E-state index is 12.9. The summed E-state index contributed by atoms with van der Waals surface area (Å²) < 4.78 is 11.0. The second-order valence-corrected chi connectivity index (χ2v) is 8.72. The van der Waals surface area contributed by atoms with E-state index in [4.69, 9.17) is 9.47 Å². The fourth-order valence-corrected chi connectivity index (χ4v) is 4.58. The minimum absolute atomic E-state index is 0.0246. The normalized spacial score (nSPS) is 19.0. The average Bonchev–Trinajstić information content (AvgIpc) is 3.18. The lowest BCUT2D eigenvalue weighted by Gasteiger charge is -2.30. The monoisotopic (exact) mass is 424 g/mol. The number of benzene rings is 2. The van der Waals surface area contributed by atoms with Crippen molar-refractivity contribution in [1.82, 2.24) is 9.80 Å². The Kier molecular flexibility index (Phi) is 8.50. The van der Waals surface area contributed by atoms with E-state index in [1.807, 2.05) is 30.9 Å². The quantitative estimate of drug-likeness (QED) is 0.577. The fraction of sp³-hybridized carbons (Fsp3) is 0.500. The second kappa shape index (κ2) is 11.3. The van der Waals surface area contributed by atoms with E-state index in [2.05, 4.69) is 47.4 Å². The number of ether oxygens (including phenoxy) is 2. The molecule has 0 saturated carbocycles. The molecule has 3 rings (SSSR count). The van der Waals surface area contributed by atoms with Crippen LogP contribution in [0, 0.1) is 11.8 Å². The Morgan fingerprint density at radius 1 is 1.06 bits per heavy atom. The highest BCUT2D eigenvalue weighted by atomic mass is 16.5. The Morgan fingerprint density at radius 3 is 2.45 bits per heavy atom. The number of carbonyl (C=O) groups is 1. The van der Waals surface area contributed by atoms with Crippen molar-refractivity contribution in [2.45, 2.75) is 26.3 Å². The molecule has 5 nitrogen and oxygen atoms in total. The number of amides is 1. The molecule has 0 aliphatic carbocycles. The van der Waals surface area contributed by atoms with Gasteiger partial charge in [-0.05, 0) is 23.1 Å². The summed E-state index contributed by atoms with van der Waals surface area (Å²) in [6, 6.07) is 18.9. The number of para-hydroxylation sites is 1. The number of nitrogens with zero attached hydrogens (tertiary/aromatic N) is 2. The molecule has 1 aliphatic heterocycles. The average molecular weight is 425 g/mol. The first-order chi connectivity index (χ1) is 15.0. The van der Waals surface area contributed by atoms with Crippen molar-refractivity contribution < 1.29 is 14.3 Å². The van der Waals surface area contributed by atoms with E-state index in [0.29, 0.717) is 25.0 Å². The molecule has 1 heterocycles. The number of methoxy groups -OCH3 is 2. The Bertz CT molecular complexity index is 824. The van der Waals surface area contributed by atoms with Crippen molar-refractivity contribution in [2.75, 3.05) is 47.0 Å². The number of hydrogen-bond acceptors (Lipinski definition) is 4. The van der Waals surface area contributed by atoms with Gasteiger partial charge in [0, 0.05) is 51.7 Å². The first-order valence-electron chi connectivity index (χ1n) is 11.2. The van der Waals surface area contributed by atoms with Gasteiger partial charge in [-0.2, -0.15) is 0 Å². The van der Waals surface area contributed by atoms with Gasteiger partial charge in [-0.1, -0.05) is 62.4 Å². The van der Waals surface area contributed by atoms with Gasteiger partial charge >= 0.3 is 0 Å². The van der Waals surface area contributed by atoms with Gasteiger partial charge in [-0.3, -0.25) is 9.69 Å². The van der Waals surface area contributed by atoms with Crippen LogP contribution in [0.3, 0.4) is 0 Å². The Hall–Kier alpha value is -2.37. The summed E-state index contributed by atoms with van der Waals surface area (Å²) in [5.41, 5.74) is 2.55. The van der Waals surface area contributed by atoms with Gasteiger partial charge < -0.3 is 14.4 Å². The smallest absolute Gasteiger partial charge is 0.225 e. The Labute approximate surface area is 187 Å². The zero-order valence-electron chi connectivity index (χ0n) is 19.3. The molecule has 2 aromatic carbocycles. The van der Waals surface area contributed by atoms with Crippen molar-refractivity contribution >= 4 is 5.91 Å². The third kappa shape index (κ3) is 6.08. The lowest BCUT2D eigenvalue weighted by molar-refractivity contribution is -0.135. The molecule has 2 aromatic rings. The minimum atomic E-state index is -0.0246. The van der Waals surface area contributed by atoms with Crippen LogP contribution in [-0.2, 0) is 16.1 Å². The van der Waals surface area contributed by atoms with E-state index in [9.17, 15) is 4.79 Å². The summed E-state index contributed by atoms with van der Waals surface area (Å²) in [6.45, 7) is 8.67. The number of carbonyl (C=O) groups excluding carboxylic acids is 1. The summed E-state index contributed by atoms with van der Waals surface area (Å²) >= 11 is 0. The molecule has 0 bridgehead atoms. The first-order valence-corrected chi connectivity index (χ1v) is 11.2. The van der Waals surface area contributed by atoms with Crippen LogP contribution < -0.4 is 4.74 Å². The maximum Gasteiger partial charge on any atom is 0.225 e. The van der Waals surface area contributed by atoms with Crippen LogP contribution >= 0.6 is 0 Å². The van der Waals surface area contributed by atoms with Crippen molar-refractivity contribution in [3.8, 4) is 5.75 Å². The van der Waals surface area contributed by atoms with Gasteiger partial charge in [-0.15, -0.1) is 0 Å². The highest BCUT2D eigenvalue weighted by Gasteiger charge is 2.37. The van der Waals surface area contributed by atoms with Crippen molar-refractivity contribution in [2.24, 2.45) is 11.8 Å². The highest BCUT2D eigenvalue weighted by molar-refractivity contribution is 5.78. The van der Waals surface area contributed by atoms with Crippen molar-refractivity contribution in [3.05, 3.63) is 65.7 Å². The molecule has 0 N–H and O–H groups in total. The molecule has 1 fully saturated rings. The predicted molar refractivity (Wildman–Crippen MR) is 124 cm³/mol. The van der Waals surface area contributed by atoms with Gasteiger partial charge in [0.1, 0.15) is 5.75 Å². The van der Waals surface area contributed by atoms with Gasteiger partial charge in [-0.25, -0.2) is 0 Å². The van der Waals surface area contributed by atoms with Crippen LogP contribution in [0.25, 0.3) is 0 Å². The molecule has 0 spiro atoms. The molecule has 0 radical (unpaired) electrons. The summed E-state index contributed by atoms with van der Waals surface area (Å²) in [7, 11) is 3.42. The zero-order chi connectivity index (χ0) is 22.2. The minimum Gasteiger partial charge on any atom is -0.496 e. The molecule has 1 aliphatic rings. The number of hydrogen-bond donors (Lipinski definition) is 0. The molecular weight excluding hydrogens is 388 g/mol. The van der Waals surface area contributed by atoms with Crippen LogP contribution in [-0.4, -0.2) is 62.7 Å². The Morgan fingerprint density at radius 2 is 1.77 bits per heavy atom. The van der Waals surface area contributed by atoms with Gasteiger partial charge in [0.05, 0.1) is 13.7 Å². The SMILES string of the molecule is COCCN(CC1CN(Cc2ccccc2)CC1c1ccccc1OC)C(=O)C(C)C. The van der Waals surface area contributed by atoms with Crippen LogP contribution in [0.4, 0.5) is 0 Å². The molecule has 1 saturated heterocycles. The third-order valence-electron chi connectivity index (χ3n) is 6.13. The van der Waals surface area contributed by atoms with Gasteiger partial charge in [0.2, 0.25) is 5.91 Å². The zero-order valence-corrected chi connectivity index (χ0v) is 19.3. The molecule has 2 atom stereocenters.